The molecule has 2 unspecified atom stereocenters. The van der Waals surface area contributed by atoms with E-state index >= 15 is 0 Å². The second kappa shape index (κ2) is 9.38. The third kappa shape index (κ3) is 5.05. The van der Waals surface area contributed by atoms with Gasteiger partial charge in [0.05, 0.1) is 4.90 Å². The third-order valence-electron chi connectivity index (χ3n) is 5.29. The molecule has 1 N–H and O–H groups in total. The van der Waals surface area contributed by atoms with Crippen molar-refractivity contribution < 1.29 is 22.4 Å². The van der Waals surface area contributed by atoms with Gasteiger partial charge in [0.1, 0.15) is 17.1 Å². The lowest BCUT2D eigenvalue weighted by atomic mass is 10.0. The molecule has 0 saturated carbocycles. The molecule has 0 spiro atoms. The molecule has 8 heteroatoms. The first-order valence-electron chi connectivity index (χ1n) is 9.91. The second-order valence-electron chi connectivity index (χ2n) is 7.42. The van der Waals surface area contributed by atoms with Crippen LogP contribution in [0.1, 0.15) is 25.3 Å². The molecule has 2 aromatic carbocycles. The summed E-state index contributed by atoms with van der Waals surface area (Å²) in [6.07, 6.45) is 2.09. The first kappa shape index (κ1) is 22.0. The van der Waals surface area contributed by atoms with E-state index in [-0.39, 0.29) is 17.2 Å². The quantitative estimate of drug-likeness (QED) is 0.681. The second-order valence-corrected chi connectivity index (χ2v) is 9.69. The van der Waals surface area contributed by atoms with Crippen LogP contribution in [-0.2, 0) is 25.8 Å². The molecule has 1 heterocycles. The van der Waals surface area contributed by atoms with Crippen molar-refractivity contribution in [3.63, 3.8) is 0 Å². The Labute approximate surface area is 176 Å². The Morgan fingerprint density at radius 2 is 1.63 bits per heavy atom. The molecule has 160 valence electrons. The monoisotopic (exact) mass is 432 g/mol. The zero-order chi connectivity index (χ0) is 21.7. The standard InChI is InChI=1S/C22H25FN2O4S/c1-16(30(28,29)19-11-9-18(23)10-12-19)21(26)24-20(15-17-7-3-2-4-8-17)22(27)25-13-5-6-14-25/h2-4,7-12,16,20H,5-6,13-15H2,1H3,(H,24,26). The number of hydrogen-bond acceptors (Lipinski definition) is 4. The summed E-state index contributed by atoms with van der Waals surface area (Å²) in [4.78, 5) is 27.4. The number of carbonyl (C=O) groups is 2. The van der Waals surface area contributed by atoms with Crippen molar-refractivity contribution in [2.24, 2.45) is 0 Å². The van der Waals surface area contributed by atoms with Crippen LogP contribution in [0.5, 0.6) is 0 Å². The van der Waals surface area contributed by atoms with E-state index in [1.54, 1.807) is 4.90 Å². The highest BCUT2D eigenvalue weighted by atomic mass is 32.2. The van der Waals surface area contributed by atoms with Crippen molar-refractivity contribution in [2.75, 3.05) is 13.1 Å². The van der Waals surface area contributed by atoms with E-state index in [1.165, 1.54) is 6.92 Å². The lowest BCUT2D eigenvalue weighted by Crippen LogP contribution is -2.52. The van der Waals surface area contributed by atoms with Crippen LogP contribution in [-0.4, -0.2) is 49.5 Å². The lowest BCUT2D eigenvalue weighted by Gasteiger charge is -2.25. The van der Waals surface area contributed by atoms with Gasteiger partial charge in [0.15, 0.2) is 9.84 Å². The van der Waals surface area contributed by atoms with E-state index in [9.17, 15) is 22.4 Å². The molecule has 1 fully saturated rings. The summed E-state index contributed by atoms with van der Waals surface area (Å²) in [7, 11) is -4.02. The minimum atomic E-state index is -4.02. The van der Waals surface area contributed by atoms with Crippen LogP contribution in [0.15, 0.2) is 59.5 Å². The Morgan fingerprint density at radius 3 is 2.23 bits per heavy atom. The highest BCUT2D eigenvalue weighted by Crippen LogP contribution is 2.18. The molecule has 1 aliphatic heterocycles. The molecule has 2 amide bonds. The minimum absolute atomic E-state index is 0.142. The number of carbonyl (C=O) groups excluding carboxylic acids is 2. The molecule has 0 bridgehead atoms. The number of benzene rings is 2. The van der Waals surface area contributed by atoms with Gasteiger partial charge >= 0.3 is 0 Å². The van der Waals surface area contributed by atoms with Gasteiger partial charge < -0.3 is 10.2 Å². The molecule has 0 radical (unpaired) electrons. The average Bonchev–Trinajstić information content (AvgIpc) is 3.28. The van der Waals surface area contributed by atoms with E-state index in [1.807, 2.05) is 30.3 Å². The fourth-order valence-corrected chi connectivity index (χ4v) is 4.74. The van der Waals surface area contributed by atoms with Crippen molar-refractivity contribution >= 4 is 21.7 Å². The first-order chi connectivity index (χ1) is 14.3. The zero-order valence-corrected chi connectivity index (χ0v) is 17.6. The van der Waals surface area contributed by atoms with Crippen molar-refractivity contribution in [1.29, 1.82) is 0 Å². The predicted octanol–water partition coefficient (Wildman–Crippen LogP) is 2.34. The molecule has 2 aromatic rings. The molecular weight excluding hydrogens is 407 g/mol. The van der Waals surface area contributed by atoms with E-state index in [4.69, 9.17) is 0 Å². The number of sulfone groups is 1. The largest absolute Gasteiger partial charge is 0.343 e. The van der Waals surface area contributed by atoms with E-state index in [0.717, 1.165) is 42.7 Å². The summed E-state index contributed by atoms with van der Waals surface area (Å²) in [6.45, 7) is 2.53. The lowest BCUT2D eigenvalue weighted by molar-refractivity contribution is -0.135. The molecule has 0 aromatic heterocycles. The summed E-state index contributed by atoms with van der Waals surface area (Å²) in [5, 5.41) is 1.22. The van der Waals surface area contributed by atoms with Crippen molar-refractivity contribution in [3.8, 4) is 0 Å². The molecule has 1 aliphatic rings. The van der Waals surface area contributed by atoms with Crippen LogP contribution in [0.3, 0.4) is 0 Å². The fraction of sp³-hybridized carbons (Fsp3) is 0.364. The maximum Gasteiger partial charge on any atom is 0.245 e. The number of halogens is 1. The Morgan fingerprint density at radius 1 is 1.03 bits per heavy atom. The smallest absolute Gasteiger partial charge is 0.245 e. The van der Waals surface area contributed by atoms with Gasteiger partial charge in [-0.2, -0.15) is 0 Å². The van der Waals surface area contributed by atoms with E-state index in [0.29, 0.717) is 13.1 Å². The molecule has 2 atom stereocenters. The number of likely N-dealkylation sites (tertiary alicyclic amines) is 1. The maximum atomic E-state index is 13.1. The number of rotatable bonds is 7. The van der Waals surface area contributed by atoms with Gasteiger partial charge in [-0.25, -0.2) is 12.8 Å². The Kier molecular flexibility index (Phi) is 6.87. The number of nitrogens with one attached hydrogen (secondary N) is 1. The summed E-state index contributed by atoms with van der Waals surface area (Å²) >= 11 is 0. The van der Waals surface area contributed by atoms with Crippen LogP contribution in [0.2, 0.25) is 0 Å². The first-order valence-corrected chi connectivity index (χ1v) is 11.5. The Bertz CT molecular complexity index is 988. The summed E-state index contributed by atoms with van der Waals surface area (Å²) in [5.41, 5.74) is 0.865. The predicted molar refractivity (Wildman–Crippen MR) is 111 cm³/mol. The SMILES string of the molecule is CC(C(=O)NC(Cc1ccccc1)C(=O)N1CCCC1)S(=O)(=O)c1ccc(F)cc1. The minimum Gasteiger partial charge on any atom is -0.343 e. The van der Waals surface area contributed by atoms with Crippen molar-refractivity contribution in [1.82, 2.24) is 10.2 Å². The van der Waals surface area contributed by atoms with Gasteiger partial charge in [0, 0.05) is 19.5 Å². The zero-order valence-electron chi connectivity index (χ0n) is 16.8. The summed E-state index contributed by atoms with van der Waals surface area (Å²) < 4.78 is 38.7. The van der Waals surface area contributed by atoms with Crippen LogP contribution in [0, 0.1) is 5.82 Å². The fourth-order valence-electron chi connectivity index (χ4n) is 3.47. The van der Waals surface area contributed by atoms with E-state index in [2.05, 4.69) is 5.32 Å². The molecule has 3 rings (SSSR count). The van der Waals surface area contributed by atoms with Crippen LogP contribution < -0.4 is 5.32 Å². The Hall–Kier alpha value is -2.74. The number of nitrogens with zero attached hydrogens (tertiary/aromatic N) is 1. The normalized spacial score (nSPS) is 16.1. The third-order valence-corrected chi connectivity index (χ3v) is 7.37. The molecule has 1 saturated heterocycles. The van der Waals surface area contributed by atoms with Crippen LogP contribution in [0.25, 0.3) is 0 Å². The molecule has 0 aliphatic carbocycles. The number of amides is 2. The highest BCUT2D eigenvalue weighted by molar-refractivity contribution is 7.92. The van der Waals surface area contributed by atoms with Crippen LogP contribution in [0.4, 0.5) is 4.39 Å². The van der Waals surface area contributed by atoms with Gasteiger partial charge in [0.25, 0.3) is 0 Å². The van der Waals surface area contributed by atoms with E-state index < -0.39 is 32.9 Å². The molecule has 30 heavy (non-hydrogen) atoms. The number of hydrogen-bond donors (Lipinski definition) is 1. The van der Waals surface area contributed by atoms with Crippen molar-refractivity contribution in [3.05, 3.63) is 66.0 Å². The van der Waals surface area contributed by atoms with Gasteiger partial charge in [0.2, 0.25) is 11.8 Å². The highest BCUT2D eigenvalue weighted by Gasteiger charge is 2.34. The van der Waals surface area contributed by atoms with Crippen LogP contribution >= 0.6 is 0 Å². The average molecular weight is 433 g/mol. The topological polar surface area (TPSA) is 83.6 Å². The van der Waals surface area contributed by atoms with Gasteiger partial charge in [-0.15, -0.1) is 0 Å². The maximum absolute atomic E-state index is 13.1. The van der Waals surface area contributed by atoms with Gasteiger partial charge in [-0.3, -0.25) is 9.59 Å². The Balaban J connectivity index is 1.79. The summed E-state index contributed by atoms with van der Waals surface area (Å²) in [6, 6.07) is 12.7. The van der Waals surface area contributed by atoms with Crippen molar-refractivity contribution in [2.45, 2.75) is 42.4 Å². The molecule has 6 nitrogen and oxygen atoms in total. The van der Waals surface area contributed by atoms with Gasteiger partial charge in [-0.05, 0) is 49.6 Å². The van der Waals surface area contributed by atoms with Gasteiger partial charge in [-0.1, -0.05) is 30.3 Å². The molecular formula is C22H25FN2O4S. The summed E-state index contributed by atoms with van der Waals surface area (Å²) in [5.74, 6) is -1.53.